The van der Waals surface area contributed by atoms with Crippen molar-refractivity contribution >= 4 is 31.9 Å². The summed E-state index contributed by atoms with van der Waals surface area (Å²) in [6.45, 7) is 1.90. The fraction of sp³-hybridized carbons (Fsp3) is 0.200. The minimum Gasteiger partial charge on any atom is -0.488 e. The fourth-order valence-corrected chi connectivity index (χ4v) is 2.95. The van der Waals surface area contributed by atoms with E-state index < -0.39 is 11.6 Å². The molecule has 2 aromatic rings. The zero-order chi connectivity index (χ0) is 14.7. The Balaban J connectivity index is 2.25. The van der Waals surface area contributed by atoms with Gasteiger partial charge in [0.25, 0.3) is 0 Å². The number of alkyl halides is 1. The number of halogens is 4. The maximum Gasteiger partial charge on any atom is 0.130 e. The highest BCUT2D eigenvalue weighted by molar-refractivity contribution is 9.10. The van der Waals surface area contributed by atoms with E-state index in [0.717, 1.165) is 33.8 Å². The Labute approximate surface area is 133 Å². The van der Waals surface area contributed by atoms with Crippen molar-refractivity contribution < 1.29 is 13.5 Å². The first-order valence-corrected chi connectivity index (χ1v) is 7.84. The highest BCUT2D eigenvalue weighted by atomic mass is 79.9. The predicted octanol–water partition coefficient (Wildman–Crippen LogP) is 5.51. The lowest BCUT2D eigenvalue weighted by Gasteiger charge is -2.14. The van der Waals surface area contributed by atoms with Crippen molar-refractivity contribution in [1.82, 2.24) is 0 Å². The molecule has 0 aromatic heterocycles. The molecule has 0 radical (unpaired) electrons. The predicted molar refractivity (Wildman–Crippen MR) is 82.2 cm³/mol. The highest BCUT2D eigenvalue weighted by Crippen LogP contribution is 2.30. The monoisotopic (exact) mass is 404 g/mol. The van der Waals surface area contributed by atoms with Crippen molar-refractivity contribution in [2.45, 2.75) is 18.9 Å². The van der Waals surface area contributed by atoms with Crippen LogP contribution in [0.1, 0.15) is 16.7 Å². The van der Waals surface area contributed by atoms with Gasteiger partial charge in [-0.05, 0) is 42.8 Å². The Morgan fingerprint density at radius 2 is 1.85 bits per heavy atom. The second kappa shape index (κ2) is 6.68. The van der Waals surface area contributed by atoms with E-state index in [1.54, 1.807) is 0 Å². The van der Waals surface area contributed by atoms with Crippen molar-refractivity contribution in [2.24, 2.45) is 0 Å². The van der Waals surface area contributed by atoms with Gasteiger partial charge in [-0.1, -0.05) is 31.9 Å². The summed E-state index contributed by atoms with van der Waals surface area (Å²) >= 11 is 6.81. The van der Waals surface area contributed by atoms with E-state index in [9.17, 15) is 8.78 Å². The lowest BCUT2D eigenvalue weighted by molar-refractivity contribution is 0.295. The van der Waals surface area contributed by atoms with E-state index in [1.165, 1.54) is 0 Å². The first-order chi connectivity index (χ1) is 9.51. The lowest BCUT2D eigenvalue weighted by Crippen LogP contribution is -2.02. The van der Waals surface area contributed by atoms with Gasteiger partial charge in [-0.25, -0.2) is 8.78 Å². The summed E-state index contributed by atoms with van der Waals surface area (Å²) in [5.41, 5.74) is 2.09. The number of hydrogen-bond donors (Lipinski definition) is 0. The molecule has 0 amide bonds. The number of benzene rings is 2. The van der Waals surface area contributed by atoms with Gasteiger partial charge in [0.05, 0.1) is 0 Å². The average molecular weight is 406 g/mol. The zero-order valence-corrected chi connectivity index (χ0v) is 13.9. The first-order valence-electron chi connectivity index (χ1n) is 5.93. The van der Waals surface area contributed by atoms with Crippen molar-refractivity contribution in [2.75, 3.05) is 0 Å². The Kier molecular flexibility index (Phi) is 5.16. The van der Waals surface area contributed by atoms with Gasteiger partial charge in [0.15, 0.2) is 0 Å². The van der Waals surface area contributed by atoms with Crippen LogP contribution in [0.15, 0.2) is 34.8 Å². The van der Waals surface area contributed by atoms with Crippen LogP contribution in [0.3, 0.4) is 0 Å². The number of ether oxygens (including phenoxy) is 1. The Morgan fingerprint density at radius 3 is 2.55 bits per heavy atom. The molecule has 0 aliphatic heterocycles. The summed E-state index contributed by atoms with van der Waals surface area (Å²) in [5.74, 6) is -0.256. The standard InChI is InChI=1S/C15H12Br2F2O/c1-9-4-12(17)5-10(7-16)15(9)20-8-11-6-13(18)2-3-14(11)19/h2-6H,7-8H2,1H3. The van der Waals surface area contributed by atoms with Gasteiger partial charge in [-0.2, -0.15) is 0 Å². The molecule has 0 N–H and O–H groups in total. The summed E-state index contributed by atoms with van der Waals surface area (Å²) in [7, 11) is 0. The van der Waals surface area contributed by atoms with Crippen LogP contribution in [-0.4, -0.2) is 0 Å². The molecule has 0 aliphatic rings. The van der Waals surface area contributed by atoms with Crippen molar-refractivity contribution in [3.8, 4) is 5.75 Å². The van der Waals surface area contributed by atoms with Crippen molar-refractivity contribution in [3.05, 3.63) is 63.1 Å². The highest BCUT2D eigenvalue weighted by Gasteiger charge is 2.10. The molecule has 20 heavy (non-hydrogen) atoms. The Hall–Kier alpha value is -0.940. The van der Waals surface area contributed by atoms with Gasteiger partial charge in [-0.15, -0.1) is 0 Å². The molecule has 0 saturated heterocycles. The van der Waals surface area contributed by atoms with E-state index in [2.05, 4.69) is 31.9 Å². The summed E-state index contributed by atoms with van der Waals surface area (Å²) in [6.07, 6.45) is 0. The van der Waals surface area contributed by atoms with Gasteiger partial charge < -0.3 is 4.74 Å². The van der Waals surface area contributed by atoms with E-state index in [1.807, 2.05) is 19.1 Å². The SMILES string of the molecule is Cc1cc(Br)cc(CBr)c1OCc1cc(F)ccc1F. The van der Waals surface area contributed by atoms with E-state index in [4.69, 9.17) is 4.74 Å². The molecule has 5 heteroatoms. The summed E-state index contributed by atoms with van der Waals surface area (Å²) in [6, 6.07) is 7.20. The molecule has 0 spiro atoms. The number of rotatable bonds is 4. The summed E-state index contributed by atoms with van der Waals surface area (Å²) in [5, 5.41) is 0.619. The van der Waals surface area contributed by atoms with Crippen LogP contribution in [0.2, 0.25) is 0 Å². The molecule has 106 valence electrons. The minimum absolute atomic E-state index is 0.00787. The second-order valence-corrected chi connectivity index (χ2v) is 5.85. The van der Waals surface area contributed by atoms with Crippen LogP contribution in [0.5, 0.6) is 5.75 Å². The largest absolute Gasteiger partial charge is 0.488 e. The molecule has 0 aliphatic carbocycles. The molecule has 0 heterocycles. The maximum atomic E-state index is 13.6. The molecule has 0 bridgehead atoms. The maximum absolute atomic E-state index is 13.6. The summed E-state index contributed by atoms with van der Waals surface area (Å²) in [4.78, 5) is 0. The van der Waals surface area contributed by atoms with E-state index in [-0.39, 0.29) is 12.2 Å². The number of aryl methyl sites for hydroxylation is 1. The smallest absolute Gasteiger partial charge is 0.130 e. The molecule has 0 saturated carbocycles. The molecule has 0 unspecified atom stereocenters. The Morgan fingerprint density at radius 1 is 1.10 bits per heavy atom. The fourth-order valence-electron chi connectivity index (χ4n) is 1.91. The molecule has 2 rings (SSSR count). The molecular weight excluding hydrogens is 394 g/mol. The minimum atomic E-state index is -0.474. The van der Waals surface area contributed by atoms with Crippen molar-refractivity contribution in [3.63, 3.8) is 0 Å². The molecule has 0 fully saturated rings. The second-order valence-electron chi connectivity index (χ2n) is 4.37. The van der Waals surface area contributed by atoms with Gasteiger partial charge in [0.1, 0.15) is 24.0 Å². The van der Waals surface area contributed by atoms with Crippen LogP contribution in [0.25, 0.3) is 0 Å². The number of hydrogen-bond acceptors (Lipinski definition) is 1. The van der Waals surface area contributed by atoms with Gasteiger partial charge in [-0.3, -0.25) is 0 Å². The summed E-state index contributed by atoms with van der Waals surface area (Å²) < 4.78 is 33.3. The van der Waals surface area contributed by atoms with Crippen LogP contribution < -0.4 is 4.74 Å². The lowest BCUT2D eigenvalue weighted by atomic mass is 10.1. The Bertz CT molecular complexity index is 630. The molecule has 0 atom stereocenters. The molecule has 1 nitrogen and oxygen atoms in total. The first kappa shape index (κ1) is 15.4. The van der Waals surface area contributed by atoms with Crippen molar-refractivity contribution in [1.29, 1.82) is 0 Å². The third-order valence-corrected chi connectivity index (χ3v) is 3.90. The third kappa shape index (κ3) is 3.58. The van der Waals surface area contributed by atoms with Crippen LogP contribution >= 0.6 is 31.9 Å². The van der Waals surface area contributed by atoms with Gasteiger partial charge in [0, 0.05) is 20.9 Å². The topological polar surface area (TPSA) is 9.23 Å². The normalized spacial score (nSPS) is 10.7. The average Bonchev–Trinajstić information content (AvgIpc) is 2.40. The van der Waals surface area contributed by atoms with Gasteiger partial charge >= 0.3 is 0 Å². The van der Waals surface area contributed by atoms with E-state index in [0.29, 0.717) is 11.1 Å². The molecule has 2 aromatic carbocycles. The van der Waals surface area contributed by atoms with Crippen LogP contribution in [0.4, 0.5) is 8.78 Å². The van der Waals surface area contributed by atoms with E-state index >= 15 is 0 Å². The molecular formula is C15H12Br2F2O. The van der Waals surface area contributed by atoms with Crippen LogP contribution in [0, 0.1) is 18.6 Å². The quantitative estimate of drug-likeness (QED) is 0.609. The van der Waals surface area contributed by atoms with Gasteiger partial charge in [0.2, 0.25) is 0 Å². The third-order valence-electron chi connectivity index (χ3n) is 2.84. The zero-order valence-electron chi connectivity index (χ0n) is 10.7. The van der Waals surface area contributed by atoms with Crippen LogP contribution in [-0.2, 0) is 11.9 Å².